The number of para-hydroxylation sites is 1. The minimum absolute atomic E-state index is 0.530. The zero-order valence-corrected chi connectivity index (χ0v) is 12.0. The maximum Gasteiger partial charge on any atom is 0.127 e. The molecule has 3 heteroatoms. The minimum Gasteiger partial charge on any atom is -0.457 e. The van der Waals surface area contributed by atoms with Gasteiger partial charge in [0.25, 0.3) is 0 Å². The lowest BCUT2D eigenvalue weighted by Gasteiger charge is -2.22. The van der Waals surface area contributed by atoms with Gasteiger partial charge in [0.1, 0.15) is 11.5 Å². The van der Waals surface area contributed by atoms with E-state index in [1.165, 1.54) is 0 Å². The monoisotopic (exact) mass is 271 g/mol. The third-order valence-electron chi connectivity index (χ3n) is 3.27. The number of aliphatic hydroxyl groups is 1. The Labute approximate surface area is 120 Å². The standard InChI is InChI=1S/C17H21NO2/c1-3-17(2,19)13-18-14-9-11-16(12-10-14)20-15-7-5-4-6-8-15/h4-12,18-19H,3,13H2,1-2H3. The van der Waals surface area contributed by atoms with E-state index in [0.29, 0.717) is 6.54 Å². The highest BCUT2D eigenvalue weighted by Gasteiger charge is 2.16. The molecule has 1 unspecified atom stereocenters. The molecule has 0 heterocycles. The van der Waals surface area contributed by atoms with Gasteiger partial charge in [-0.15, -0.1) is 0 Å². The van der Waals surface area contributed by atoms with Crippen molar-refractivity contribution in [3.05, 3.63) is 54.6 Å². The van der Waals surface area contributed by atoms with Gasteiger partial charge in [0, 0.05) is 12.2 Å². The van der Waals surface area contributed by atoms with Gasteiger partial charge in [-0.3, -0.25) is 0 Å². The first-order valence-electron chi connectivity index (χ1n) is 6.88. The second-order valence-corrected chi connectivity index (χ2v) is 5.14. The highest BCUT2D eigenvalue weighted by molar-refractivity contribution is 5.47. The SMILES string of the molecule is CCC(C)(O)CNc1ccc(Oc2ccccc2)cc1. The summed E-state index contributed by atoms with van der Waals surface area (Å²) in [6, 6.07) is 17.4. The Morgan fingerprint density at radius 1 is 1.00 bits per heavy atom. The fraction of sp³-hybridized carbons (Fsp3) is 0.294. The molecule has 0 aliphatic rings. The lowest BCUT2D eigenvalue weighted by molar-refractivity contribution is 0.0697. The molecular weight excluding hydrogens is 250 g/mol. The van der Waals surface area contributed by atoms with Gasteiger partial charge >= 0.3 is 0 Å². The first-order chi connectivity index (χ1) is 9.59. The second-order valence-electron chi connectivity index (χ2n) is 5.14. The van der Waals surface area contributed by atoms with Crippen LogP contribution in [0.3, 0.4) is 0 Å². The first kappa shape index (κ1) is 14.4. The van der Waals surface area contributed by atoms with E-state index < -0.39 is 5.60 Å². The third-order valence-corrected chi connectivity index (χ3v) is 3.27. The number of nitrogens with one attached hydrogen (secondary N) is 1. The Bertz CT molecular complexity index is 520. The predicted molar refractivity (Wildman–Crippen MR) is 82.4 cm³/mol. The molecule has 3 nitrogen and oxygen atoms in total. The molecule has 0 aliphatic heterocycles. The topological polar surface area (TPSA) is 41.5 Å². The van der Waals surface area contributed by atoms with Crippen LogP contribution < -0.4 is 10.1 Å². The average molecular weight is 271 g/mol. The number of anilines is 1. The summed E-state index contributed by atoms with van der Waals surface area (Å²) >= 11 is 0. The van der Waals surface area contributed by atoms with Crippen molar-refractivity contribution >= 4 is 5.69 Å². The van der Waals surface area contributed by atoms with Crippen molar-refractivity contribution in [1.29, 1.82) is 0 Å². The number of ether oxygens (including phenoxy) is 1. The van der Waals surface area contributed by atoms with Crippen LogP contribution in [0.4, 0.5) is 5.69 Å². The molecule has 2 aromatic rings. The number of hydrogen-bond acceptors (Lipinski definition) is 3. The van der Waals surface area contributed by atoms with Crippen LogP contribution in [-0.4, -0.2) is 17.3 Å². The second kappa shape index (κ2) is 6.44. The van der Waals surface area contributed by atoms with E-state index in [0.717, 1.165) is 23.6 Å². The highest BCUT2D eigenvalue weighted by atomic mass is 16.5. The van der Waals surface area contributed by atoms with Crippen LogP contribution in [0.1, 0.15) is 20.3 Å². The molecule has 2 N–H and O–H groups in total. The van der Waals surface area contributed by atoms with Crippen LogP contribution in [0, 0.1) is 0 Å². The van der Waals surface area contributed by atoms with Gasteiger partial charge in [0.2, 0.25) is 0 Å². The summed E-state index contributed by atoms with van der Waals surface area (Å²) in [5, 5.41) is 13.2. The maximum atomic E-state index is 9.95. The van der Waals surface area contributed by atoms with Gasteiger partial charge in [-0.05, 0) is 49.7 Å². The molecule has 0 amide bonds. The van der Waals surface area contributed by atoms with Crippen molar-refractivity contribution in [3.63, 3.8) is 0 Å². The van der Waals surface area contributed by atoms with E-state index in [4.69, 9.17) is 4.74 Å². The molecular formula is C17H21NO2. The van der Waals surface area contributed by atoms with E-state index in [1.54, 1.807) is 0 Å². The molecule has 0 bridgehead atoms. The molecule has 20 heavy (non-hydrogen) atoms. The minimum atomic E-state index is -0.681. The van der Waals surface area contributed by atoms with Crippen LogP contribution in [0.5, 0.6) is 11.5 Å². The fourth-order valence-electron chi connectivity index (χ4n) is 1.68. The molecule has 0 aromatic heterocycles. The van der Waals surface area contributed by atoms with Gasteiger partial charge in [-0.25, -0.2) is 0 Å². The van der Waals surface area contributed by atoms with E-state index in [1.807, 2.05) is 68.4 Å². The van der Waals surface area contributed by atoms with Crippen LogP contribution in [0.15, 0.2) is 54.6 Å². The van der Waals surface area contributed by atoms with Gasteiger partial charge < -0.3 is 15.2 Å². The molecule has 2 aromatic carbocycles. The summed E-state index contributed by atoms with van der Waals surface area (Å²) in [6.45, 7) is 4.33. The van der Waals surface area contributed by atoms with Crippen molar-refractivity contribution < 1.29 is 9.84 Å². The van der Waals surface area contributed by atoms with Gasteiger partial charge in [-0.2, -0.15) is 0 Å². The van der Waals surface area contributed by atoms with Crippen LogP contribution in [-0.2, 0) is 0 Å². The zero-order valence-electron chi connectivity index (χ0n) is 12.0. The summed E-state index contributed by atoms with van der Waals surface area (Å²) in [5.74, 6) is 1.62. The third kappa shape index (κ3) is 4.28. The van der Waals surface area contributed by atoms with Gasteiger partial charge in [-0.1, -0.05) is 25.1 Å². The molecule has 0 aliphatic carbocycles. The molecule has 0 radical (unpaired) electrons. The Morgan fingerprint density at radius 2 is 1.60 bits per heavy atom. The van der Waals surface area contributed by atoms with Crippen molar-refractivity contribution in [2.75, 3.05) is 11.9 Å². The smallest absolute Gasteiger partial charge is 0.127 e. The lowest BCUT2D eigenvalue weighted by atomic mass is 10.0. The first-order valence-corrected chi connectivity index (χ1v) is 6.88. The van der Waals surface area contributed by atoms with Gasteiger partial charge in [0.05, 0.1) is 5.60 Å². The van der Waals surface area contributed by atoms with E-state index in [-0.39, 0.29) is 0 Å². The maximum absolute atomic E-state index is 9.95. The molecule has 0 saturated carbocycles. The summed E-state index contributed by atoms with van der Waals surface area (Å²) in [7, 11) is 0. The largest absolute Gasteiger partial charge is 0.457 e. The summed E-state index contributed by atoms with van der Waals surface area (Å²) in [4.78, 5) is 0. The Morgan fingerprint density at radius 3 is 2.20 bits per heavy atom. The molecule has 0 fully saturated rings. The molecule has 0 saturated heterocycles. The molecule has 106 valence electrons. The summed E-state index contributed by atoms with van der Waals surface area (Å²) in [6.07, 6.45) is 0.717. The normalized spacial score (nSPS) is 13.6. The van der Waals surface area contributed by atoms with Gasteiger partial charge in [0.15, 0.2) is 0 Å². The van der Waals surface area contributed by atoms with E-state index in [9.17, 15) is 5.11 Å². The summed E-state index contributed by atoms with van der Waals surface area (Å²) < 4.78 is 5.72. The van der Waals surface area contributed by atoms with Crippen molar-refractivity contribution in [1.82, 2.24) is 0 Å². The Hall–Kier alpha value is -2.00. The molecule has 0 spiro atoms. The van der Waals surface area contributed by atoms with Crippen molar-refractivity contribution in [3.8, 4) is 11.5 Å². The van der Waals surface area contributed by atoms with Crippen molar-refractivity contribution in [2.24, 2.45) is 0 Å². The van der Waals surface area contributed by atoms with Crippen LogP contribution in [0.25, 0.3) is 0 Å². The molecule has 2 rings (SSSR count). The number of benzene rings is 2. The van der Waals surface area contributed by atoms with E-state index >= 15 is 0 Å². The fourth-order valence-corrected chi connectivity index (χ4v) is 1.68. The van der Waals surface area contributed by atoms with Crippen molar-refractivity contribution in [2.45, 2.75) is 25.9 Å². The summed E-state index contributed by atoms with van der Waals surface area (Å²) in [5.41, 5.74) is 0.290. The highest BCUT2D eigenvalue weighted by Crippen LogP contribution is 2.23. The van der Waals surface area contributed by atoms with E-state index in [2.05, 4.69) is 5.32 Å². The average Bonchev–Trinajstić information content (AvgIpc) is 2.48. The lowest BCUT2D eigenvalue weighted by Crippen LogP contribution is -2.32. The number of rotatable bonds is 6. The zero-order chi connectivity index (χ0) is 14.4. The Balaban J connectivity index is 1.93. The molecule has 1 atom stereocenters. The Kier molecular flexibility index (Phi) is 4.64. The quantitative estimate of drug-likeness (QED) is 0.832. The van der Waals surface area contributed by atoms with Crippen LogP contribution in [0.2, 0.25) is 0 Å². The van der Waals surface area contributed by atoms with Crippen LogP contribution >= 0.6 is 0 Å². The predicted octanol–water partition coefficient (Wildman–Crippen LogP) is 4.05. The number of hydrogen-bond donors (Lipinski definition) is 2.